The van der Waals surface area contributed by atoms with Gasteiger partial charge in [0.05, 0.1) is 6.10 Å². The number of carbonyl (C=O) groups is 1. The number of carboxylic acids is 1. The lowest BCUT2D eigenvalue weighted by atomic mass is 9.89. The predicted octanol–water partition coefficient (Wildman–Crippen LogP) is -0.428. The Bertz CT molecular complexity index is 154. The zero-order chi connectivity index (χ0) is 8.43. The highest BCUT2D eigenvalue weighted by Gasteiger charge is 2.29. The van der Waals surface area contributed by atoms with Gasteiger partial charge in [0.2, 0.25) is 0 Å². The van der Waals surface area contributed by atoms with E-state index < -0.39 is 12.0 Å². The quantitative estimate of drug-likeness (QED) is 0.522. The van der Waals surface area contributed by atoms with E-state index in [2.05, 4.69) is 5.32 Å². The standard InChI is InChI=1S/C7H13NO3/c1-4(7(10)11)8-5-2-6(9)3-5/h4-6,8-9H,2-3H2,1H3,(H,10,11). The first kappa shape index (κ1) is 8.49. The molecule has 1 aliphatic carbocycles. The summed E-state index contributed by atoms with van der Waals surface area (Å²) in [5.74, 6) is -0.841. The van der Waals surface area contributed by atoms with Crippen LogP contribution in [0.2, 0.25) is 0 Å². The van der Waals surface area contributed by atoms with Crippen molar-refractivity contribution < 1.29 is 15.0 Å². The van der Waals surface area contributed by atoms with Crippen LogP contribution in [0.1, 0.15) is 19.8 Å². The molecule has 0 amide bonds. The van der Waals surface area contributed by atoms with Crippen molar-refractivity contribution in [2.24, 2.45) is 0 Å². The summed E-state index contributed by atoms with van der Waals surface area (Å²) >= 11 is 0. The van der Waals surface area contributed by atoms with Crippen LogP contribution in [0.25, 0.3) is 0 Å². The van der Waals surface area contributed by atoms with E-state index in [1.165, 1.54) is 0 Å². The zero-order valence-electron chi connectivity index (χ0n) is 6.45. The zero-order valence-corrected chi connectivity index (χ0v) is 6.45. The van der Waals surface area contributed by atoms with Crippen molar-refractivity contribution in [3.63, 3.8) is 0 Å². The molecule has 4 nitrogen and oxygen atoms in total. The second-order valence-electron chi connectivity index (χ2n) is 3.05. The van der Waals surface area contributed by atoms with E-state index >= 15 is 0 Å². The Morgan fingerprint density at radius 3 is 2.55 bits per heavy atom. The average molecular weight is 159 g/mol. The molecule has 0 bridgehead atoms. The molecule has 1 aliphatic rings. The molecular formula is C7H13NO3. The summed E-state index contributed by atoms with van der Waals surface area (Å²) in [4.78, 5) is 10.3. The van der Waals surface area contributed by atoms with Crippen molar-refractivity contribution in [2.75, 3.05) is 0 Å². The van der Waals surface area contributed by atoms with E-state index in [1.807, 2.05) is 0 Å². The highest BCUT2D eigenvalue weighted by molar-refractivity contribution is 5.72. The van der Waals surface area contributed by atoms with E-state index in [1.54, 1.807) is 6.92 Å². The maximum absolute atomic E-state index is 10.3. The van der Waals surface area contributed by atoms with Gasteiger partial charge in [-0.3, -0.25) is 4.79 Å². The summed E-state index contributed by atoms with van der Waals surface area (Å²) in [6, 6.07) is -0.316. The van der Waals surface area contributed by atoms with Gasteiger partial charge in [0.25, 0.3) is 0 Å². The molecule has 3 N–H and O–H groups in total. The Hall–Kier alpha value is -0.610. The number of rotatable bonds is 3. The second kappa shape index (κ2) is 3.19. The fourth-order valence-corrected chi connectivity index (χ4v) is 1.15. The van der Waals surface area contributed by atoms with Gasteiger partial charge in [-0.05, 0) is 19.8 Å². The third-order valence-electron chi connectivity index (χ3n) is 1.97. The maximum Gasteiger partial charge on any atom is 0.320 e. The van der Waals surface area contributed by atoms with Gasteiger partial charge >= 0.3 is 5.97 Å². The van der Waals surface area contributed by atoms with Gasteiger partial charge in [0.1, 0.15) is 6.04 Å². The Morgan fingerprint density at radius 2 is 2.18 bits per heavy atom. The molecule has 1 unspecified atom stereocenters. The first-order valence-corrected chi connectivity index (χ1v) is 3.76. The Labute approximate surface area is 65.2 Å². The van der Waals surface area contributed by atoms with Gasteiger partial charge in [-0.25, -0.2) is 0 Å². The fourth-order valence-electron chi connectivity index (χ4n) is 1.15. The number of aliphatic hydroxyl groups is 1. The van der Waals surface area contributed by atoms with Crippen LogP contribution < -0.4 is 5.32 Å². The van der Waals surface area contributed by atoms with Crippen LogP contribution >= 0.6 is 0 Å². The normalized spacial score (nSPS) is 32.5. The maximum atomic E-state index is 10.3. The second-order valence-corrected chi connectivity index (χ2v) is 3.05. The van der Waals surface area contributed by atoms with Crippen LogP contribution in [0.3, 0.4) is 0 Å². The molecule has 64 valence electrons. The Balaban J connectivity index is 2.16. The van der Waals surface area contributed by atoms with E-state index in [0.717, 1.165) is 0 Å². The Kier molecular flexibility index (Phi) is 2.46. The molecule has 0 spiro atoms. The van der Waals surface area contributed by atoms with Gasteiger partial charge in [-0.1, -0.05) is 0 Å². The Morgan fingerprint density at radius 1 is 1.64 bits per heavy atom. The molecular weight excluding hydrogens is 146 g/mol. The van der Waals surface area contributed by atoms with E-state index in [9.17, 15) is 4.79 Å². The highest BCUT2D eigenvalue weighted by Crippen LogP contribution is 2.19. The minimum absolute atomic E-state index is 0.191. The SMILES string of the molecule is CC(NC1CC(O)C1)C(=O)O. The first-order chi connectivity index (χ1) is 5.09. The lowest BCUT2D eigenvalue weighted by Crippen LogP contribution is -2.49. The summed E-state index contributed by atoms with van der Waals surface area (Å²) in [6.07, 6.45) is 1.13. The summed E-state index contributed by atoms with van der Waals surface area (Å²) in [5, 5.41) is 20.3. The molecule has 0 saturated heterocycles. The van der Waals surface area contributed by atoms with E-state index in [4.69, 9.17) is 10.2 Å². The summed E-state index contributed by atoms with van der Waals surface area (Å²) in [5.41, 5.74) is 0. The minimum Gasteiger partial charge on any atom is -0.480 e. The molecule has 0 aromatic rings. The molecule has 0 radical (unpaired) electrons. The predicted molar refractivity (Wildman–Crippen MR) is 39.3 cm³/mol. The number of aliphatic hydroxyl groups excluding tert-OH is 1. The number of aliphatic carboxylic acids is 1. The first-order valence-electron chi connectivity index (χ1n) is 3.76. The molecule has 1 saturated carbocycles. The summed E-state index contributed by atoms with van der Waals surface area (Å²) in [7, 11) is 0. The summed E-state index contributed by atoms with van der Waals surface area (Å²) in [6.45, 7) is 1.60. The molecule has 4 heteroatoms. The van der Waals surface area contributed by atoms with Crippen molar-refractivity contribution in [1.29, 1.82) is 0 Å². The number of hydrogen-bond donors (Lipinski definition) is 3. The van der Waals surface area contributed by atoms with E-state index in [-0.39, 0.29) is 12.1 Å². The highest BCUT2D eigenvalue weighted by atomic mass is 16.4. The molecule has 0 aromatic carbocycles. The van der Waals surface area contributed by atoms with Crippen molar-refractivity contribution in [3.05, 3.63) is 0 Å². The van der Waals surface area contributed by atoms with Crippen LogP contribution in [0.5, 0.6) is 0 Å². The smallest absolute Gasteiger partial charge is 0.320 e. The molecule has 1 fully saturated rings. The number of carboxylic acid groups (broad SMARTS) is 1. The van der Waals surface area contributed by atoms with E-state index in [0.29, 0.717) is 12.8 Å². The molecule has 1 rings (SSSR count). The monoisotopic (exact) mass is 159 g/mol. The molecule has 11 heavy (non-hydrogen) atoms. The molecule has 1 atom stereocenters. The van der Waals surface area contributed by atoms with Crippen molar-refractivity contribution in [2.45, 2.75) is 38.0 Å². The number of nitrogens with one attached hydrogen (secondary N) is 1. The average Bonchev–Trinajstić information content (AvgIpc) is 1.84. The van der Waals surface area contributed by atoms with Gasteiger partial charge in [0.15, 0.2) is 0 Å². The third kappa shape index (κ3) is 2.17. The van der Waals surface area contributed by atoms with Gasteiger partial charge in [-0.2, -0.15) is 0 Å². The van der Waals surface area contributed by atoms with Crippen molar-refractivity contribution in [3.8, 4) is 0 Å². The molecule has 0 heterocycles. The molecule has 0 aromatic heterocycles. The third-order valence-corrected chi connectivity index (χ3v) is 1.97. The number of hydrogen-bond acceptors (Lipinski definition) is 3. The summed E-state index contributed by atoms with van der Waals surface area (Å²) < 4.78 is 0. The van der Waals surface area contributed by atoms with Crippen LogP contribution in [-0.4, -0.2) is 34.4 Å². The van der Waals surface area contributed by atoms with Gasteiger partial charge in [0, 0.05) is 6.04 Å². The van der Waals surface area contributed by atoms with Crippen LogP contribution in [0, 0.1) is 0 Å². The lowest BCUT2D eigenvalue weighted by molar-refractivity contribution is -0.139. The largest absolute Gasteiger partial charge is 0.480 e. The molecule has 0 aliphatic heterocycles. The fraction of sp³-hybridized carbons (Fsp3) is 0.857. The van der Waals surface area contributed by atoms with Gasteiger partial charge in [-0.15, -0.1) is 0 Å². The topological polar surface area (TPSA) is 69.6 Å². The minimum atomic E-state index is -0.841. The van der Waals surface area contributed by atoms with Gasteiger partial charge < -0.3 is 15.5 Å². The lowest BCUT2D eigenvalue weighted by Gasteiger charge is -2.33. The van der Waals surface area contributed by atoms with Crippen molar-refractivity contribution >= 4 is 5.97 Å². The van der Waals surface area contributed by atoms with Crippen molar-refractivity contribution in [1.82, 2.24) is 5.32 Å². The van der Waals surface area contributed by atoms with Crippen LogP contribution in [0.4, 0.5) is 0 Å². The van der Waals surface area contributed by atoms with Crippen LogP contribution in [-0.2, 0) is 4.79 Å². The van der Waals surface area contributed by atoms with Crippen LogP contribution in [0.15, 0.2) is 0 Å².